The van der Waals surface area contributed by atoms with Crippen LogP contribution < -0.4 is 10.6 Å². The molecule has 1 aliphatic carbocycles. The Labute approximate surface area is 152 Å². The van der Waals surface area contributed by atoms with E-state index in [2.05, 4.69) is 10.6 Å². The van der Waals surface area contributed by atoms with Crippen molar-refractivity contribution in [1.82, 2.24) is 5.32 Å². The van der Waals surface area contributed by atoms with Crippen LogP contribution in [-0.2, 0) is 16.0 Å². The molecule has 2 amide bonds. The second-order valence-corrected chi connectivity index (χ2v) is 6.99. The van der Waals surface area contributed by atoms with Crippen molar-refractivity contribution in [3.8, 4) is 0 Å². The maximum Gasteiger partial charge on any atom is 0.240 e. The lowest BCUT2D eigenvalue weighted by Crippen LogP contribution is -2.40. The van der Waals surface area contributed by atoms with Crippen LogP contribution >= 0.6 is 0 Å². The Morgan fingerprint density at radius 3 is 2.35 bits per heavy atom. The zero-order chi connectivity index (χ0) is 18.7. The maximum absolute atomic E-state index is 12.9. The smallest absolute Gasteiger partial charge is 0.240 e. The largest absolute Gasteiger partial charge is 0.355 e. The maximum atomic E-state index is 12.9. The van der Waals surface area contributed by atoms with Crippen LogP contribution in [0.4, 0.5) is 10.1 Å². The lowest BCUT2D eigenvalue weighted by molar-refractivity contribution is -0.134. The van der Waals surface area contributed by atoms with Crippen molar-refractivity contribution in [3.63, 3.8) is 0 Å². The molecule has 0 unspecified atom stereocenters. The summed E-state index contributed by atoms with van der Waals surface area (Å²) in [6.45, 7) is 4.35. The van der Waals surface area contributed by atoms with Gasteiger partial charge < -0.3 is 10.6 Å². The fourth-order valence-electron chi connectivity index (χ4n) is 3.02. The molecule has 0 spiro atoms. The van der Waals surface area contributed by atoms with E-state index in [0.717, 1.165) is 22.4 Å². The summed E-state index contributed by atoms with van der Waals surface area (Å²) >= 11 is 0. The van der Waals surface area contributed by atoms with Crippen molar-refractivity contribution in [2.75, 3.05) is 11.9 Å². The molecule has 2 aromatic rings. The van der Waals surface area contributed by atoms with E-state index < -0.39 is 5.41 Å². The Balaban J connectivity index is 1.56. The summed E-state index contributed by atoms with van der Waals surface area (Å²) in [4.78, 5) is 25.1. The first kappa shape index (κ1) is 18.1. The second kappa shape index (κ2) is 7.28. The van der Waals surface area contributed by atoms with E-state index in [4.69, 9.17) is 0 Å². The normalized spacial score (nSPS) is 14.6. The van der Waals surface area contributed by atoms with E-state index in [-0.39, 0.29) is 17.6 Å². The molecule has 1 fully saturated rings. The summed E-state index contributed by atoms with van der Waals surface area (Å²) in [5.74, 6) is -0.761. The third-order valence-corrected chi connectivity index (χ3v) is 4.86. The number of carbonyl (C=O) groups is 2. The van der Waals surface area contributed by atoms with Crippen LogP contribution in [0.3, 0.4) is 0 Å². The van der Waals surface area contributed by atoms with Crippen molar-refractivity contribution >= 4 is 17.5 Å². The molecule has 3 rings (SSSR count). The van der Waals surface area contributed by atoms with Crippen LogP contribution in [0.25, 0.3) is 0 Å². The van der Waals surface area contributed by atoms with Gasteiger partial charge in [0.1, 0.15) is 11.2 Å². The van der Waals surface area contributed by atoms with Gasteiger partial charge in [0.05, 0.1) is 0 Å². The summed E-state index contributed by atoms with van der Waals surface area (Å²) in [7, 11) is 0. The highest BCUT2D eigenvalue weighted by Crippen LogP contribution is 2.47. The molecule has 0 atom stereocenters. The predicted octanol–water partition coefficient (Wildman–Crippen LogP) is 3.52. The second-order valence-electron chi connectivity index (χ2n) is 6.99. The number of hydrogen-bond donors (Lipinski definition) is 2. The molecule has 2 N–H and O–H groups in total. The van der Waals surface area contributed by atoms with Crippen LogP contribution in [-0.4, -0.2) is 18.4 Å². The highest BCUT2D eigenvalue weighted by molar-refractivity contribution is 6.13. The number of hydrogen-bond acceptors (Lipinski definition) is 2. The average Bonchev–Trinajstić information content (AvgIpc) is 3.41. The zero-order valence-corrected chi connectivity index (χ0v) is 15.1. The Hall–Kier alpha value is -2.69. The molecular weight excluding hydrogens is 331 g/mol. The van der Waals surface area contributed by atoms with E-state index in [1.807, 2.05) is 32.0 Å². The number of nitrogens with one attached hydrogen (secondary N) is 2. The quantitative estimate of drug-likeness (QED) is 0.780. The molecule has 26 heavy (non-hydrogen) atoms. The number of anilines is 1. The molecule has 136 valence electrons. The molecule has 0 aromatic heterocycles. The Morgan fingerprint density at radius 2 is 1.73 bits per heavy atom. The van der Waals surface area contributed by atoms with E-state index in [9.17, 15) is 14.0 Å². The summed E-state index contributed by atoms with van der Waals surface area (Å²) in [6.07, 6.45) is 1.72. The highest BCUT2D eigenvalue weighted by atomic mass is 19.1. The fourth-order valence-corrected chi connectivity index (χ4v) is 3.02. The summed E-state index contributed by atoms with van der Waals surface area (Å²) in [5.41, 5.74) is 2.83. The van der Waals surface area contributed by atoms with Gasteiger partial charge in [-0.05, 0) is 62.4 Å². The molecule has 5 heteroatoms. The number of amides is 2. The number of halogens is 1. The Bertz CT molecular complexity index is 826. The topological polar surface area (TPSA) is 58.2 Å². The van der Waals surface area contributed by atoms with Gasteiger partial charge in [-0.1, -0.05) is 29.8 Å². The number of rotatable bonds is 6. The lowest BCUT2D eigenvalue weighted by Gasteiger charge is -2.16. The zero-order valence-electron chi connectivity index (χ0n) is 15.1. The lowest BCUT2D eigenvalue weighted by atomic mass is 10.0. The summed E-state index contributed by atoms with van der Waals surface area (Å²) in [6, 6.07) is 12.0. The van der Waals surface area contributed by atoms with Gasteiger partial charge in [0.15, 0.2) is 0 Å². The van der Waals surface area contributed by atoms with E-state index in [1.165, 1.54) is 12.1 Å². The van der Waals surface area contributed by atoms with E-state index in [0.29, 0.717) is 25.8 Å². The monoisotopic (exact) mass is 354 g/mol. The third kappa shape index (κ3) is 3.93. The van der Waals surface area contributed by atoms with Crippen LogP contribution in [0.5, 0.6) is 0 Å². The first-order valence-electron chi connectivity index (χ1n) is 8.82. The molecule has 0 aliphatic heterocycles. The predicted molar refractivity (Wildman–Crippen MR) is 99.3 cm³/mol. The standard InChI is InChI=1S/C21H23FN2O2/c1-14-3-8-18(15(2)13-14)24-20(26)21(10-11-21)19(25)23-12-9-16-4-6-17(22)7-5-16/h3-8,13H,9-12H2,1-2H3,(H,23,25)(H,24,26). The van der Waals surface area contributed by atoms with Gasteiger partial charge in [-0.2, -0.15) is 0 Å². The number of aryl methyl sites for hydroxylation is 2. The van der Waals surface area contributed by atoms with E-state index in [1.54, 1.807) is 12.1 Å². The van der Waals surface area contributed by atoms with Gasteiger partial charge in [0, 0.05) is 12.2 Å². The Morgan fingerprint density at radius 1 is 1.04 bits per heavy atom. The minimum absolute atomic E-state index is 0.234. The van der Waals surface area contributed by atoms with Crippen LogP contribution in [0.2, 0.25) is 0 Å². The first-order valence-corrected chi connectivity index (χ1v) is 8.82. The average molecular weight is 354 g/mol. The van der Waals surface area contributed by atoms with Gasteiger partial charge in [0.2, 0.25) is 11.8 Å². The molecule has 0 heterocycles. The van der Waals surface area contributed by atoms with Crippen LogP contribution in [0, 0.1) is 25.1 Å². The van der Waals surface area contributed by atoms with Crippen LogP contribution in [0.1, 0.15) is 29.5 Å². The van der Waals surface area contributed by atoms with Crippen molar-refractivity contribution in [3.05, 3.63) is 65.0 Å². The molecule has 0 saturated heterocycles. The molecule has 1 aliphatic rings. The number of carbonyl (C=O) groups excluding carboxylic acids is 2. The van der Waals surface area contributed by atoms with Gasteiger partial charge in [-0.25, -0.2) is 4.39 Å². The molecule has 0 bridgehead atoms. The van der Waals surface area contributed by atoms with Crippen LogP contribution in [0.15, 0.2) is 42.5 Å². The summed E-state index contributed by atoms with van der Waals surface area (Å²) in [5, 5.41) is 5.74. The molecule has 1 saturated carbocycles. The van der Waals surface area contributed by atoms with Crippen molar-refractivity contribution in [2.24, 2.45) is 5.41 Å². The first-order chi connectivity index (χ1) is 12.4. The fraction of sp³-hybridized carbons (Fsp3) is 0.333. The number of benzene rings is 2. The molecule has 2 aromatic carbocycles. The third-order valence-electron chi connectivity index (χ3n) is 4.86. The van der Waals surface area contributed by atoms with Crippen molar-refractivity contribution in [1.29, 1.82) is 0 Å². The minimum atomic E-state index is -0.958. The van der Waals surface area contributed by atoms with Gasteiger partial charge in [-0.3, -0.25) is 9.59 Å². The van der Waals surface area contributed by atoms with Gasteiger partial charge in [0.25, 0.3) is 0 Å². The molecular formula is C21H23FN2O2. The van der Waals surface area contributed by atoms with Gasteiger partial charge in [-0.15, -0.1) is 0 Å². The van der Waals surface area contributed by atoms with Gasteiger partial charge >= 0.3 is 0 Å². The van der Waals surface area contributed by atoms with Crippen molar-refractivity contribution < 1.29 is 14.0 Å². The summed E-state index contributed by atoms with van der Waals surface area (Å²) < 4.78 is 12.9. The Kier molecular flexibility index (Phi) is 5.07. The molecule has 4 nitrogen and oxygen atoms in total. The van der Waals surface area contributed by atoms with Crippen molar-refractivity contribution in [2.45, 2.75) is 33.1 Å². The minimum Gasteiger partial charge on any atom is -0.355 e. The van der Waals surface area contributed by atoms with E-state index >= 15 is 0 Å². The SMILES string of the molecule is Cc1ccc(NC(=O)C2(C(=O)NCCc3ccc(F)cc3)CC2)c(C)c1. The molecule has 0 radical (unpaired) electrons. The highest BCUT2D eigenvalue weighted by Gasteiger charge is 2.56.